The van der Waals surface area contributed by atoms with E-state index in [1.54, 1.807) is 24.3 Å². The van der Waals surface area contributed by atoms with Gasteiger partial charge in [-0.2, -0.15) is 0 Å². The topological polar surface area (TPSA) is 50.4 Å². The number of carbonyl (C=O) groups is 1. The van der Waals surface area contributed by atoms with Gasteiger partial charge in [0, 0.05) is 5.02 Å². The van der Waals surface area contributed by atoms with Gasteiger partial charge in [0.2, 0.25) is 0 Å². The summed E-state index contributed by atoms with van der Waals surface area (Å²) in [5, 5.41) is 5.58. The molecule has 0 heterocycles. The number of para-hydroxylation sites is 1. The normalized spacial score (nSPS) is 10.2. The molecule has 0 saturated heterocycles. The molecule has 0 aliphatic heterocycles. The van der Waals surface area contributed by atoms with E-state index in [1.165, 1.54) is 12.1 Å². The van der Waals surface area contributed by atoms with E-state index in [2.05, 4.69) is 10.6 Å². The van der Waals surface area contributed by atoms with Crippen LogP contribution in [0.5, 0.6) is 5.75 Å². The van der Waals surface area contributed by atoms with E-state index in [1.807, 2.05) is 13.8 Å². The van der Waals surface area contributed by atoms with Crippen LogP contribution < -0.4 is 15.4 Å². The summed E-state index contributed by atoms with van der Waals surface area (Å²) in [6.07, 6.45) is 0. The van der Waals surface area contributed by atoms with Crippen molar-refractivity contribution in [2.24, 2.45) is 0 Å². The van der Waals surface area contributed by atoms with Crippen LogP contribution in [0.2, 0.25) is 5.02 Å². The fourth-order valence-corrected chi connectivity index (χ4v) is 2.01. The van der Waals surface area contributed by atoms with Crippen LogP contribution in [0.3, 0.4) is 0 Å². The molecule has 22 heavy (non-hydrogen) atoms. The highest BCUT2D eigenvalue weighted by Crippen LogP contribution is 2.25. The predicted octanol–water partition coefficient (Wildman–Crippen LogP) is 4.25. The first-order valence-electron chi connectivity index (χ1n) is 6.66. The van der Waals surface area contributed by atoms with Crippen molar-refractivity contribution in [3.05, 3.63) is 58.4 Å². The van der Waals surface area contributed by atoms with Gasteiger partial charge in [0.1, 0.15) is 11.6 Å². The van der Waals surface area contributed by atoms with Crippen LogP contribution in [0.4, 0.5) is 14.9 Å². The summed E-state index contributed by atoms with van der Waals surface area (Å²) in [6.45, 7) is 3.71. The Kier molecular flexibility index (Phi) is 5.22. The monoisotopic (exact) mass is 322 g/mol. The Labute approximate surface area is 133 Å². The van der Waals surface area contributed by atoms with Crippen LogP contribution in [0.1, 0.15) is 11.1 Å². The zero-order valence-electron chi connectivity index (χ0n) is 12.2. The van der Waals surface area contributed by atoms with E-state index in [0.29, 0.717) is 10.8 Å². The lowest BCUT2D eigenvalue weighted by Gasteiger charge is -2.11. The highest BCUT2D eigenvalue weighted by molar-refractivity contribution is 6.32. The Morgan fingerprint density at radius 2 is 1.86 bits per heavy atom. The Bertz CT molecular complexity index is 669. The van der Waals surface area contributed by atoms with Crippen molar-refractivity contribution < 1.29 is 13.9 Å². The molecule has 0 fully saturated rings. The average Bonchev–Trinajstić information content (AvgIpc) is 2.47. The molecule has 2 N–H and O–H groups in total. The molecule has 2 aromatic carbocycles. The Balaban J connectivity index is 1.86. The number of hydrogen-bond donors (Lipinski definition) is 2. The van der Waals surface area contributed by atoms with Gasteiger partial charge in [0.05, 0.1) is 5.69 Å². The highest BCUT2D eigenvalue weighted by Gasteiger charge is 2.06. The first-order valence-corrected chi connectivity index (χ1v) is 7.04. The molecule has 4 nitrogen and oxygen atoms in total. The Morgan fingerprint density at radius 3 is 2.50 bits per heavy atom. The third-order valence-corrected chi connectivity index (χ3v) is 3.60. The van der Waals surface area contributed by atoms with E-state index in [-0.39, 0.29) is 12.4 Å². The zero-order chi connectivity index (χ0) is 16.1. The number of nitrogens with one attached hydrogen (secondary N) is 2. The number of halogens is 2. The predicted molar refractivity (Wildman–Crippen MR) is 85.0 cm³/mol. The second-order valence-electron chi connectivity index (χ2n) is 4.77. The average molecular weight is 323 g/mol. The summed E-state index contributed by atoms with van der Waals surface area (Å²) in [5.41, 5.74) is 1.90. The standard InChI is InChI=1S/C16H16ClFN2O2/c1-10-7-12(8-11(2)15(10)17)22-9-19-16(21)20-14-6-4-3-5-13(14)18/h3-8H,9H2,1-2H3,(H2,19,20,21). The SMILES string of the molecule is Cc1cc(OCNC(=O)Nc2ccccc2F)cc(C)c1Cl. The minimum absolute atomic E-state index is 0.0409. The number of urea groups is 1. The maximum atomic E-state index is 13.4. The van der Waals surface area contributed by atoms with Gasteiger partial charge in [-0.3, -0.25) is 0 Å². The second kappa shape index (κ2) is 7.13. The number of amides is 2. The zero-order valence-corrected chi connectivity index (χ0v) is 13.0. The number of ether oxygens (including phenoxy) is 1. The smallest absolute Gasteiger partial charge is 0.321 e. The summed E-state index contributed by atoms with van der Waals surface area (Å²) >= 11 is 6.07. The van der Waals surface area contributed by atoms with Crippen LogP contribution in [-0.4, -0.2) is 12.8 Å². The number of benzene rings is 2. The molecule has 0 atom stereocenters. The first-order chi connectivity index (χ1) is 10.5. The minimum Gasteiger partial charge on any atom is -0.473 e. The molecule has 0 aromatic heterocycles. The van der Waals surface area contributed by atoms with E-state index in [0.717, 1.165) is 11.1 Å². The van der Waals surface area contributed by atoms with Crippen LogP contribution in [-0.2, 0) is 0 Å². The maximum absolute atomic E-state index is 13.4. The molecule has 0 unspecified atom stereocenters. The van der Waals surface area contributed by atoms with Crippen molar-refractivity contribution in [3.63, 3.8) is 0 Å². The van der Waals surface area contributed by atoms with Crippen molar-refractivity contribution in [1.82, 2.24) is 5.32 Å². The number of anilines is 1. The fourth-order valence-electron chi connectivity index (χ4n) is 1.90. The van der Waals surface area contributed by atoms with Crippen molar-refractivity contribution in [3.8, 4) is 5.75 Å². The fraction of sp³-hybridized carbons (Fsp3) is 0.188. The molecule has 0 saturated carbocycles. The molecular weight excluding hydrogens is 307 g/mol. The molecule has 2 aromatic rings. The van der Waals surface area contributed by atoms with Crippen molar-refractivity contribution in [1.29, 1.82) is 0 Å². The molecule has 116 valence electrons. The lowest BCUT2D eigenvalue weighted by molar-refractivity contribution is 0.234. The van der Waals surface area contributed by atoms with E-state index >= 15 is 0 Å². The summed E-state index contributed by atoms with van der Waals surface area (Å²) in [7, 11) is 0. The van der Waals surface area contributed by atoms with Gasteiger partial charge in [0.15, 0.2) is 6.73 Å². The van der Waals surface area contributed by atoms with Crippen LogP contribution in [0, 0.1) is 19.7 Å². The van der Waals surface area contributed by atoms with Gasteiger partial charge in [-0.1, -0.05) is 23.7 Å². The lowest BCUT2D eigenvalue weighted by atomic mass is 10.1. The first kappa shape index (κ1) is 16.1. The second-order valence-corrected chi connectivity index (χ2v) is 5.15. The summed E-state index contributed by atoms with van der Waals surface area (Å²) in [5.74, 6) is 0.105. The maximum Gasteiger partial charge on any atom is 0.321 e. The van der Waals surface area contributed by atoms with E-state index in [4.69, 9.17) is 16.3 Å². The Morgan fingerprint density at radius 1 is 1.23 bits per heavy atom. The van der Waals surface area contributed by atoms with Crippen molar-refractivity contribution >= 4 is 23.3 Å². The number of aryl methyl sites for hydroxylation is 2. The third-order valence-electron chi connectivity index (χ3n) is 3.00. The van der Waals surface area contributed by atoms with Gasteiger partial charge >= 0.3 is 6.03 Å². The van der Waals surface area contributed by atoms with Crippen LogP contribution >= 0.6 is 11.6 Å². The van der Waals surface area contributed by atoms with Gasteiger partial charge < -0.3 is 15.4 Å². The molecule has 0 aliphatic rings. The molecule has 2 rings (SSSR count). The Hall–Kier alpha value is -2.27. The lowest BCUT2D eigenvalue weighted by Crippen LogP contribution is -2.32. The largest absolute Gasteiger partial charge is 0.473 e. The number of hydrogen-bond acceptors (Lipinski definition) is 2. The summed E-state index contributed by atoms with van der Waals surface area (Å²) < 4.78 is 18.8. The van der Waals surface area contributed by atoms with Gasteiger partial charge in [-0.25, -0.2) is 9.18 Å². The van der Waals surface area contributed by atoms with Crippen LogP contribution in [0.15, 0.2) is 36.4 Å². The highest BCUT2D eigenvalue weighted by atomic mass is 35.5. The van der Waals surface area contributed by atoms with E-state index < -0.39 is 11.8 Å². The van der Waals surface area contributed by atoms with Crippen LogP contribution in [0.25, 0.3) is 0 Å². The van der Waals surface area contributed by atoms with Gasteiger partial charge in [0.25, 0.3) is 0 Å². The number of rotatable bonds is 4. The van der Waals surface area contributed by atoms with Gasteiger partial charge in [-0.05, 0) is 49.2 Å². The third kappa shape index (κ3) is 4.11. The molecule has 0 spiro atoms. The number of carbonyl (C=O) groups excluding carboxylic acids is 1. The molecule has 2 amide bonds. The van der Waals surface area contributed by atoms with Gasteiger partial charge in [-0.15, -0.1) is 0 Å². The molecule has 0 bridgehead atoms. The van der Waals surface area contributed by atoms with Crippen molar-refractivity contribution in [2.75, 3.05) is 12.0 Å². The quantitative estimate of drug-likeness (QED) is 0.827. The van der Waals surface area contributed by atoms with E-state index in [9.17, 15) is 9.18 Å². The summed E-state index contributed by atoms with van der Waals surface area (Å²) in [4.78, 5) is 11.7. The molecule has 0 radical (unpaired) electrons. The minimum atomic E-state index is -0.549. The molecular formula is C16H16ClFN2O2. The molecule has 0 aliphatic carbocycles. The summed E-state index contributed by atoms with van der Waals surface area (Å²) in [6, 6.07) is 8.94. The molecule has 6 heteroatoms. The van der Waals surface area contributed by atoms with Crippen molar-refractivity contribution in [2.45, 2.75) is 13.8 Å².